The van der Waals surface area contributed by atoms with Crippen molar-refractivity contribution < 1.29 is 19.0 Å². The Morgan fingerprint density at radius 2 is 2.42 bits per heavy atom. The van der Waals surface area contributed by atoms with E-state index in [-0.39, 0.29) is 18.8 Å². The van der Waals surface area contributed by atoms with Crippen LogP contribution in [-0.4, -0.2) is 39.1 Å². The van der Waals surface area contributed by atoms with Gasteiger partial charge in [-0.1, -0.05) is 6.92 Å². The summed E-state index contributed by atoms with van der Waals surface area (Å²) in [7, 11) is 0. The predicted molar refractivity (Wildman–Crippen MR) is 91.0 cm³/mol. The topological polar surface area (TPSA) is 125 Å². The third-order valence-electron chi connectivity index (χ3n) is 4.52. The van der Waals surface area contributed by atoms with Crippen LogP contribution in [0.1, 0.15) is 44.9 Å². The van der Waals surface area contributed by atoms with E-state index in [2.05, 4.69) is 16.2 Å². The standard InChI is InChI=1S/C17H21N5O4/c1-3-11(2)25-16(23)24-9-17(8-18)7-6-14(26-17)12-4-5-13-15(19)20-10-21-22(12)13/h4-5,10-11,14H,3,6-7,9H2,1-2H3,(H2,19,20,21)/t11?,14?,17-/m1/s1. The Morgan fingerprint density at radius 3 is 3.15 bits per heavy atom. The predicted octanol–water partition coefficient (Wildman–Crippen LogP) is 2.38. The van der Waals surface area contributed by atoms with Crippen LogP contribution < -0.4 is 5.73 Å². The van der Waals surface area contributed by atoms with E-state index in [4.69, 9.17) is 19.9 Å². The second kappa shape index (κ2) is 7.17. The van der Waals surface area contributed by atoms with Gasteiger partial charge in [0.15, 0.2) is 11.4 Å². The van der Waals surface area contributed by atoms with Crippen LogP contribution in [0, 0.1) is 11.3 Å². The number of aromatic nitrogens is 3. The van der Waals surface area contributed by atoms with Crippen molar-refractivity contribution >= 4 is 17.5 Å². The number of carbonyl (C=O) groups is 1. The maximum atomic E-state index is 11.7. The first-order valence-corrected chi connectivity index (χ1v) is 8.48. The van der Waals surface area contributed by atoms with E-state index in [0.717, 1.165) is 5.69 Å². The first kappa shape index (κ1) is 17.9. The monoisotopic (exact) mass is 359 g/mol. The summed E-state index contributed by atoms with van der Waals surface area (Å²) in [5.41, 5.74) is 6.08. The molecule has 0 aromatic carbocycles. The molecule has 0 bridgehead atoms. The Bertz CT molecular complexity index is 845. The molecule has 3 heterocycles. The molecule has 9 nitrogen and oxygen atoms in total. The van der Waals surface area contributed by atoms with Gasteiger partial charge in [0.05, 0.1) is 5.69 Å². The number of rotatable bonds is 5. The molecular weight excluding hydrogens is 338 g/mol. The summed E-state index contributed by atoms with van der Waals surface area (Å²) in [5.74, 6) is 0.368. The van der Waals surface area contributed by atoms with Crippen LogP contribution in [0.25, 0.3) is 5.52 Å². The molecule has 3 rings (SSSR count). The van der Waals surface area contributed by atoms with Crippen LogP contribution in [0.3, 0.4) is 0 Å². The Morgan fingerprint density at radius 1 is 1.62 bits per heavy atom. The minimum atomic E-state index is -1.21. The molecule has 3 atom stereocenters. The fraction of sp³-hybridized carbons (Fsp3) is 0.529. The fourth-order valence-electron chi connectivity index (χ4n) is 2.86. The van der Waals surface area contributed by atoms with Gasteiger partial charge in [-0.05, 0) is 38.3 Å². The number of fused-ring (bicyclic) bond motifs is 1. The maximum absolute atomic E-state index is 11.7. The second-order valence-electron chi connectivity index (χ2n) is 6.33. The van der Waals surface area contributed by atoms with E-state index in [0.29, 0.717) is 30.6 Å². The number of ether oxygens (including phenoxy) is 3. The van der Waals surface area contributed by atoms with Crippen molar-refractivity contribution in [2.45, 2.75) is 50.9 Å². The normalized spacial score (nSPS) is 23.5. The fourth-order valence-corrected chi connectivity index (χ4v) is 2.86. The summed E-state index contributed by atoms with van der Waals surface area (Å²) >= 11 is 0. The number of nitrogens with two attached hydrogens (primary N) is 1. The summed E-state index contributed by atoms with van der Waals surface area (Å²) in [6.45, 7) is 3.49. The molecule has 2 N–H and O–H groups in total. The number of carbonyl (C=O) groups excluding carboxylic acids is 1. The molecule has 0 saturated carbocycles. The zero-order valence-electron chi connectivity index (χ0n) is 14.7. The first-order chi connectivity index (χ1) is 12.5. The van der Waals surface area contributed by atoms with Crippen LogP contribution >= 0.6 is 0 Å². The lowest BCUT2D eigenvalue weighted by molar-refractivity contribution is -0.0595. The quantitative estimate of drug-likeness (QED) is 0.807. The average molecular weight is 359 g/mol. The maximum Gasteiger partial charge on any atom is 0.508 e. The van der Waals surface area contributed by atoms with Crippen LogP contribution in [0.15, 0.2) is 18.5 Å². The SMILES string of the molecule is CCC(C)OC(=O)OC[C@]1(C#N)CCC(c2ccc3c(N)ncnn23)O1. The Balaban J connectivity index is 1.70. The summed E-state index contributed by atoms with van der Waals surface area (Å²) in [6, 6.07) is 5.78. The van der Waals surface area contributed by atoms with Gasteiger partial charge >= 0.3 is 6.16 Å². The minimum Gasteiger partial charge on any atom is -0.431 e. The molecule has 1 fully saturated rings. The molecule has 2 aromatic heterocycles. The van der Waals surface area contributed by atoms with Gasteiger partial charge in [-0.3, -0.25) is 0 Å². The molecule has 0 radical (unpaired) electrons. The molecule has 26 heavy (non-hydrogen) atoms. The van der Waals surface area contributed by atoms with Gasteiger partial charge in [-0.15, -0.1) is 0 Å². The Kier molecular flexibility index (Phi) is 4.95. The van der Waals surface area contributed by atoms with Gasteiger partial charge in [-0.2, -0.15) is 10.4 Å². The largest absolute Gasteiger partial charge is 0.508 e. The molecule has 2 aromatic rings. The molecule has 0 aliphatic carbocycles. The number of hydrogen-bond donors (Lipinski definition) is 1. The van der Waals surface area contributed by atoms with Crippen LogP contribution in [-0.2, 0) is 14.2 Å². The van der Waals surface area contributed by atoms with E-state index >= 15 is 0 Å². The summed E-state index contributed by atoms with van der Waals surface area (Å²) in [5, 5.41) is 13.8. The van der Waals surface area contributed by atoms with Crippen LogP contribution in [0.4, 0.5) is 10.6 Å². The molecule has 2 unspecified atom stereocenters. The third-order valence-corrected chi connectivity index (χ3v) is 4.52. The van der Waals surface area contributed by atoms with Crippen molar-refractivity contribution in [1.29, 1.82) is 5.26 Å². The van der Waals surface area contributed by atoms with Gasteiger partial charge in [0.2, 0.25) is 0 Å². The zero-order valence-corrected chi connectivity index (χ0v) is 14.7. The summed E-state index contributed by atoms with van der Waals surface area (Å²) < 4.78 is 17.8. The highest BCUT2D eigenvalue weighted by Crippen LogP contribution is 2.40. The molecule has 1 aliphatic rings. The van der Waals surface area contributed by atoms with E-state index < -0.39 is 11.8 Å². The number of nitrogens with zero attached hydrogens (tertiary/aromatic N) is 4. The van der Waals surface area contributed by atoms with Gasteiger partial charge in [0.25, 0.3) is 0 Å². The number of anilines is 1. The van der Waals surface area contributed by atoms with Crippen molar-refractivity contribution in [3.63, 3.8) is 0 Å². The highest BCUT2D eigenvalue weighted by atomic mass is 16.7. The van der Waals surface area contributed by atoms with Gasteiger partial charge in [0.1, 0.15) is 36.7 Å². The van der Waals surface area contributed by atoms with E-state index in [1.807, 2.05) is 13.0 Å². The van der Waals surface area contributed by atoms with E-state index in [1.54, 1.807) is 17.5 Å². The van der Waals surface area contributed by atoms with Gasteiger partial charge in [0, 0.05) is 0 Å². The molecule has 1 aliphatic heterocycles. The first-order valence-electron chi connectivity index (χ1n) is 8.48. The molecule has 138 valence electrons. The zero-order chi connectivity index (χ0) is 18.7. The Labute approximate surface area is 150 Å². The van der Waals surface area contributed by atoms with Gasteiger partial charge in [-0.25, -0.2) is 14.3 Å². The number of hydrogen-bond acceptors (Lipinski definition) is 8. The molecule has 0 amide bonds. The van der Waals surface area contributed by atoms with Crippen molar-refractivity contribution in [3.8, 4) is 6.07 Å². The summed E-state index contributed by atoms with van der Waals surface area (Å²) in [4.78, 5) is 15.7. The highest BCUT2D eigenvalue weighted by Gasteiger charge is 2.43. The number of nitrogen functional groups attached to an aromatic ring is 1. The van der Waals surface area contributed by atoms with Crippen molar-refractivity contribution in [2.75, 3.05) is 12.3 Å². The van der Waals surface area contributed by atoms with Crippen molar-refractivity contribution in [3.05, 3.63) is 24.2 Å². The van der Waals surface area contributed by atoms with E-state index in [9.17, 15) is 10.1 Å². The molecule has 9 heteroatoms. The van der Waals surface area contributed by atoms with Crippen molar-refractivity contribution in [1.82, 2.24) is 14.6 Å². The lowest BCUT2D eigenvalue weighted by Crippen LogP contribution is -2.34. The molecular formula is C17H21N5O4. The lowest BCUT2D eigenvalue weighted by Gasteiger charge is -2.22. The molecule has 0 spiro atoms. The van der Waals surface area contributed by atoms with Gasteiger partial charge < -0.3 is 19.9 Å². The lowest BCUT2D eigenvalue weighted by atomic mass is 10.0. The van der Waals surface area contributed by atoms with Crippen LogP contribution in [0.5, 0.6) is 0 Å². The summed E-state index contributed by atoms with van der Waals surface area (Å²) in [6.07, 6.45) is 1.67. The van der Waals surface area contributed by atoms with E-state index in [1.165, 1.54) is 6.33 Å². The van der Waals surface area contributed by atoms with Crippen LogP contribution in [0.2, 0.25) is 0 Å². The highest BCUT2D eigenvalue weighted by molar-refractivity contribution is 5.65. The second-order valence-corrected chi connectivity index (χ2v) is 6.33. The smallest absolute Gasteiger partial charge is 0.431 e. The van der Waals surface area contributed by atoms with Crippen molar-refractivity contribution in [2.24, 2.45) is 0 Å². The minimum absolute atomic E-state index is 0.185. The third kappa shape index (κ3) is 3.41. The molecule has 1 saturated heterocycles. The number of nitriles is 1. The average Bonchev–Trinajstić information content (AvgIpc) is 3.25. The Hall–Kier alpha value is -2.86.